The van der Waals surface area contributed by atoms with Crippen LogP contribution >= 0.6 is 11.3 Å². The monoisotopic (exact) mass is 524 g/mol. The van der Waals surface area contributed by atoms with Crippen molar-refractivity contribution in [2.45, 2.75) is 25.7 Å². The number of hydrazone groups is 1. The van der Waals surface area contributed by atoms with Crippen LogP contribution in [0.25, 0.3) is 16.9 Å². The number of nitrogens with one attached hydrogen (secondary N) is 2. The van der Waals surface area contributed by atoms with Crippen LogP contribution in [-0.2, 0) is 22.4 Å². The highest BCUT2D eigenvalue weighted by molar-refractivity contribution is 7.16. The number of thiophene rings is 1. The molecule has 2 N–H and O–H groups in total. The highest BCUT2D eigenvalue weighted by Gasteiger charge is 2.23. The molecule has 0 aliphatic heterocycles. The molecule has 0 saturated heterocycles. The molecule has 0 spiro atoms. The third kappa shape index (κ3) is 5.19. The van der Waals surface area contributed by atoms with Crippen LogP contribution in [0.15, 0.2) is 65.9 Å². The fraction of sp³-hybridized carbons (Fsp3) is 0.179. The minimum Gasteiger partial charge on any atom is -0.497 e. The average Bonchev–Trinajstić information content (AvgIpc) is 3.54. The summed E-state index contributed by atoms with van der Waals surface area (Å²) in [5.41, 5.74) is 6.68. The average molecular weight is 525 g/mol. The zero-order chi connectivity index (χ0) is 26.5. The van der Waals surface area contributed by atoms with E-state index in [0.29, 0.717) is 21.8 Å². The van der Waals surface area contributed by atoms with Crippen LogP contribution in [0.3, 0.4) is 0 Å². The Morgan fingerprint density at radius 3 is 2.61 bits per heavy atom. The first kappa shape index (κ1) is 24.9. The van der Waals surface area contributed by atoms with Crippen LogP contribution in [0.4, 0.5) is 5.00 Å². The van der Waals surface area contributed by atoms with Crippen LogP contribution in [0.5, 0.6) is 5.75 Å². The Balaban J connectivity index is 1.34. The molecule has 4 aromatic rings. The number of para-hydroxylation sites is 1. The van der Waals surface area contributed by atoms with Gasteiger partial charge in [0.2, 0.25) is 0 Å². The van der Waals surface area contributed by atoms with Crippen molar-refractivity contribution < 1.29 is 14.3 Å². The smallest absolute Gasteiger partial charge is 0.329 e. The van der Waals surface area contributed by atoms with Gasteiger partial charge in [0.15, 0.2) is 0 Å². The van der Waals surface area contributed by atoms with E-state index in [2.05, 4.69) is 21.9 Å². The molecule has 5 rings (SSSR count). The van der Waals surface area contributed by atoms with Crippen LogP contribution < -0.4 is 15.5 Å². The molecule has 1 aliphatic carbocycles. The molecule has 0 unspecified atom stereocenters. The summed E-state index contributed by atoms with van der Waals surface area (Å²) in [5, 5.41) is 21.3. The van der Waals surface area contributed by atoms with Gasteiger partial charge in [0, 0.05) is 22.2 Å². The van der Waals surface area contributed by atoms with E-state index in [4.69, 9.17) is 9.84 Å². The van der Waals surface area contributed by atoms with E-state index in [1.807, 2.05) is 54.6 Å². The third-order valence-corrected chi connectivity index (χ3v) is 7.42. The number of hydrogen-bond donors (Lipinski definition) is 2. The van der Waals surface area contributed by atoms with E-state index < -0.39 is 11.8 Å². The molecule has 1 aliphatic rings. The predicted octanol–water partition coefficient (Wildman–Crippen LogP) is 4.45. The first-order valence-electron chi connectivity index (χ1n) is 12.1. The summed E-state index contributed by atoms with van der Waals surface area (Å²) in [4.78, 5) is 26.1. The molecule has 2 aromatic carbocycles. The molecule has 9 nitrogen and oxygen atoms in total. The summed E-state index contributed by atoms with van der Waals surface area (Å²) in [6, 6.07) is 19.2. The van der Waals surface area contributed by atoms with Gasteiger partial charge in [0.1, 0.15) is 22.5 Å². The van der Waals surface area contributed by atoms with Gasteiger partial charge in [-0.25, -0.2) is 10.1 Å². The van der Waals surface area contributed by atoms with E-state index in [9.17, 15) is 14.9 Å². The van der Waals surface area contributed by atoms with Crippen molar-refractivity contribution in [3.63, 3.8) is 0 Å². The SMILES string of the molecule is COc1ccc(-c2nn(-c3ccccc3)cc2C=NNC(=O)C(=O)Nc2sc3c(c2C#N)CCCC3)cc1. The Kier molecular flexibility index (Phi) is 7.28. The molecule has 2 amide bonds. The first-order chi connectivity index (χ1) is 18.6. The van der Waals surface area contributed by atoms with Gasteiger partial charge >= 0.3 is 11.8 Å². The fourth-order valence-corrected chi connectivity index (χ4v) is 5.55. The van der Waals surface area contributed by atoms with Gasteiger partial charge in [0.25, 0.3) is 0 Å². The minimum absolute atomic E-state index is 0.412. The van der Waals surface area contributed by atoms with Crippen molar-refractivity contribution in [2.24, 2.45) is 5.10 Å². The topological polar surface area (TPSA) is 121 Å². The van der Waals surface area contributed by atoms with Gasteiger partial charge in [-0.15, -0.1) is 11.3 Å². The zero-order valence-electron chi connectivity index (χ0n) is 20.6. The molecule has 38 heavy (non-hydrogen) atoms. The number of methoxy groups -OCH3 is 1. The van der Waals surface area contributed by atoms with Crippen LogP contribution in [0.1, 0.15) is 34.4 Å². The van der Waals surface area contributed by atoms with Gasteiger partial charge in [-0.3, -0.25) is 9.59 Å². The maximum Gasteiger partial charge on any atom is 0.329 e. The molecule has 0 atom stereocenters. The Morgan fingerprint density at radius 1 is 1.11 bits per heavy atom. The van der Waals surface area contributed by atoms with E-state index in [1.54, 1.807) is 18.0 Å². The van der Waals surface area contributed by atoms with E-state index in [0.717, 1.165) is 53.1 Å². The first-order valence-corrected chi connectivity index (χ1v) is 12.9. The Labute approximate surface area is 223 Å². The second kappa shape index (κ2) is 11.1. The maximum atomic E-state index is 12.5. The number of carbonyl (C=O) groups excluding carboxylic acids is 2. The number of ether oxygens (including phenoxy) is 1. The predicted molar refractivity (Wildman–Crippen MR) is 146 cm³/mol. The molecule has 2 aromatic heterocycles. The summed E-state index contributed by atoms with van der Waals surface area (Å²) in [6.45, 7) is 0. The van der Waals surface area contributed by atoms with Crippen molar-refractivity contribution in [2.75, 3.05) is 12.4 Å². The van der Waals surface area contributed by atoms with Gasteiger partial charge < -0.3 is 10.1 Å². The van der Waals surface area contributed by atoms with Crippen molar-refractivity contribution in [3.05, 3.63) is 82.4 Å². The third-order valence-electron chi connectivity index (χ3n) is 6.21. The van der Waals surface area contributed by atoms with Crippen molar-refractivity contribution >= 4 is 34.4 Å². The molecule has 0 bridgehead atoms. The Bertz CT molecular complexity index is 1550. The van der Waals surface area contributed by atoms with Gasteiger partial charge in [0.05, 0.1) is 24.6 Å². The highest BCUT2D eigenvalue weighted by atomic mass is 32.1. The lowest BCUT2D eigenvalue weighted by Gasteiger charge is -2.09. The number of rotatable bonds is 6. The summed E-state index contributed by atoms with van der Waals surface area (Å²) >= 11 is 1.36. The highest BCUT2D eigenvalue weighted by Crippen LogP contribution is 2.37. The maximum absolute atomic E-state index is 12.5. The number of anilines is 1. The standard InChI is InChI=1S/C28H24N6O3S/c1-37-21-13-11-18(12-14-21)25-19(17-34(33-25)20-7-3-2-4-8-20)16-30-32-27(36)26(35)31-28-23(15-29)22-9-5-6-10-24(22)38-28/h2-4,7-8,11-14,16-17H,5-6,9-10H2,1H3,(H,31,35)(H,32,36). The molecular weight excluding hydrogens is 500 g/mol. The number of benzene rings is 2. The van der Waals surface area contributed by atoms with Crippen molar-refractivity contribution in [1.82, 2.24) is 15.2 Å². The quantitative estimate of drug-likeness (QED) is 0.219. The molecule has 0 saturated carbocycles. The van der Waals surface area contributed by atoms with Crippen LogP contribution in [0, 0.1) is 11.3 Å². The Morgan fingerprint density at radius 2 is 1.87 bits per heavy atom. The van der Waals surface area contributed by atoms with E-state index in [-0.39, 0.29) is 0 Å². The summed E-state index contributed by atoms with van der Waals surface area (Å²) in [6.07, 6.45) is 7.00. The minimum atomic E-state index is -0.932. The lowest BCUT2D eigenvalue weighted by atomic mass is 9.96. The molecule has 0 fully saturated rings. The molecule has 0 radical (unpaired) electrons. The van der Waals surface area contributed by atoms with Crippen molar-refractivity contribution in [1.29, 1.82) is 5.26 Å². The van der Waals surface area contributed by atoms with E-state index in [1.165, 1.54) is 17.6 Å². The largest absolute Gasteiger partial charge is 0.497 e. The number of aryl methyl sites for hydroxylation is 1. The Hall–Kier alpha value is -4.75. The van der Waals surface area contributed by atoms with Gasteiger partial charge in [-0.1, -0.05) is 18.2 Å². The number of nitrogens with zero attached hydrogens (tertiary/aromatic N) is 4. The lowest BCUT2D eigenvalue weighted by molar-refractivity contribution is -0.136. The van der Waals surface area contributed by atoms with Crippen molar-refractivity contribution in [3.8, 4) is 28.8 Å². The fourth-order valence-electron chi connectivity index (χ4n) is 4.31. The van der Waals surface area contributed by atoms with Gasteiger partial charge in [-0.2, -0.15) is 15.5 Å². The molecule has 2 heterocycles. The van der Waals surface area contributed by atoms with E-state index >= 15 is 0 Å². The molecule has 10 heteroatoms. The molecular formula is C28H24N6O3S. The number of hydrogen-bond acceptors (Lipinski definition) is 7. The normalized spacial score (nSPS) is 12.5. The summed E-state index contributed by atoms with van der Waals surface area (Å²) in [5.74, 6) is -1.10. The lowest BCUT2D eigenvalue weighted by Crippen LogP contribution is -2.32. The van der Waals surface area contributed by atoms with Crippen LogP contribution in [0.2, 0.25) is 0 Å². The van der Waals surface area contributed by atoms with Crippen LogP contribution in [-0.4, -0.2) is 34.9 Å². The zero-order valence-corrected chi connectivity index (χ0v) is 21.4. The summed E-state index contributed by atoms with van der Waals surface area (Å²) in [7, 11) is 1.60. The second-order valence-electron chi connectivity index (χ2n) is 8.62. The second-order valence-corrected chi connectivity index (χ2v) is 9.73. The number of fused-ring (bicyclic) bond motifs is 1. The number of aromatic nitrogens is 2. The number of nitriles is 1. The number of carbonyl (C=O) groups is 2. The number of amides is 2. The summed E-state index contributed by atoms with van der Waals surface area (Å²) < 4.78 is 6.97. The van der Waals surface area contributed by atoms with Gasteiger partial charge in [-0.05, 0) is 67.6 Å². The molecule has 190 valence electrons.